The predicted octanol–water partition coefficient (Wildman–Crippen LogP) is 2.21. The van der Waals surface area contributed by atoms with Gasteiger partial charge in [-0.3, -0.25) is 0 Å². The number of nitrogens with zero attached hydrogens (tertiary/aromatic N) is 3. The number of alkyl halides is 3. The van der Waals surface area contributed by atoms with E-state index in [1.807, 2.05) is 0 Å². The van der Waals surface area contributed by atoms with Crippen molar-refractivity contribution < 1.29 is 13.2 Å². The zero-order valence-electron chi connectivity index (χ0n) is 12.5. The molecule has 3 saturated heterocycles. The highest BCUT2D eigenvalue weighted by Gasteiger charge is 2.48. The summed E-state index contributed by atoms with van der Waals surface area (Å²) in [6, 6.07) is 0. The van der Waals surface area contributed by atoms with Gasteiger partial charge < -0.3 is 15.5 Å². The molecule has 0 aliphatic carbocycles. The van der Waals surface area contributed by atoms with Crippen molar-refractivity contribution in [3.63, 3.8) is 0 Å². The number of hydrogen-bond donors (Lipinski definition) is 2. The Labute approximate surface area is 132 Å². The first kappa shape index (κ1) is 14.7. The van der Waals surface area contributed by atoms with Crippen molar-refractivity contribution in [1.82, 2.24) is 20.2 Å². The molecule has 124 valence electrons. The van der Waals surface area contributed by atoms with E-state index in [2.05, 4.69) is 31.6 Å². The van der Waals surface area contributed by atoms with E-state index in [1.165, 1.54) is 25.9 Å². The van der Waals surface area contributed by atoms with Crippen molar-refractivity contribution in [2.45, 2.75) is 31.0 Å². The minimum Gasteiger partial charge on any atom is -0.365 e. The van der Waals surface area contributed by atoms with Gasteiger partial charge in [-0.05, 0) is 44.3 Å². The summed E-state index contributed by atoms with van der Waals surface area (Å²) >= 11 is 0. The molecule has 5 rings (SSSR count). The number of anilines is 1. The zero-order valence-corrected chi connectivity index (χ0v) is 12.5. The molecule has 8 heteroatoms. The number of aromatic nitrogens is 2. The van der Waals surface area contributed by atoms with Gasteiger partial charge in [0, 0.05) is 6.54 Å². The van der Waals surface area contributed by atoms with Crippen LogP contribution in [0.15, 0.2) is 24.3 Å². The van der Waals surface area contributed by atoms with Crippen LogP contribution in [0, 0.1) is 5.92 Å². The summed E-state index contributed by atoms with van der Waals surface area (Å²) in [5, 5.41) is 6.59. The number of hydrogen-bond acceptors (Lipinski definition) is 5. The third-order valence-corrected chi connectivity index (χ3v) is 5.13. The van der Waals surface area contributed by atoms with Gasteiger partial charge in [0.1, 0.15) is 11.6 Å². The van der Waals surface area contributed by atoms with Crippen molar-refractivity contribution in [1.29, 1.82) is 0 Å². The van der Waals surface area contributed by atoms with E-state index in [1.54, 1.807) is 0 Å². The van der Waals surface area contributed by atoms with Crippen molar-refractivity contribution in [3.8, 4) is 0 Å². The van der Waals surface area contributed by atoms with Crippen molar-refractivity contribution in [2.24, 2.45) is 5.92 Å². The maximum Gasteiger partial charge on any atom is 0.434 e. The Bertz CT molecular complexity index is 619. The fourth-order valence-electron chi connectivity index (χ4n) is 3.96. The van der Waals surface area contributed by atoms with Crippen LogP contribution in [0.4, 0.5) is 19.0 Å². The lowest BCUT2D eigenvalue weighted by atomic mass is 9.72. The summed E-state index contributed by atoms with van der Waals surface area (Å²) in [7, 11) is 0. The molecule has 23 heavy (non-hydrogen) atoms. The molecule has 0 aromatic carbocycles. The average Bonchev–Trinajstić information content (AvgIpc) is 2.90. The Hall–Kier alpha value is -1.83. The molecule has 2 N–H and O–H groups in total. The largest absolute Gasteiger partial charge is 0.434 e. The van der Waals surface area contributed by atoms with Crippen LogP contribution in [0.3, 0.4) is 0 Å². The summed E-state index contributed by atoms with van der Waals surface area (Å²) in [5.74, 6) is 1.78. The van der Waals surface area contributed by atoms with Crippen molar-refractivity contribution in [2.75, 3.05) is 25.0 Å². The van der Waals surface area contributed by atoms with E-state index in [9.17, 15) is 13.2 Å². The van der Waals surface area contributed by atoms with Crippen LogP contribution in [0.2, 0.25) is 0 Å². The maximum atomic E-state index is 12.5. The fourth-order valence-corrected chi connectivity index (χ4v) is 3.96. The molecular formula is C15H18F3N5. The molecule has 3 fully saturated rings. The van der Waals surface area contributed by atoms with Crippen LogP contribution in [0.1, 0.15) is 25.0 Å². The van der Waals surface area contributed by atoms with Crippen molar-refractivity contribution in [3.05, 3.63) is 30.0 Å². The molecule has 0 saturated carbocycles. The Balaban J connectivity index is 1.43. The van der Waals surface area contributed by atoms with E-state index >= 15 is 0 Å². The standard InChI is InChI=1S/C15H18F3N5/c16-15(17,18)11-7-20-13(8-19-11)21-12-1-4-14(22-12)9-23-5-2-10(14)3-6-23/h1,7-8,10,22H,2-6,9H2,(H,20,21)/t14-/m0/s1. The van der Waals surface area contributed by atoms with Gasteiger partial charge in [0.15, 0.2) is 5.69 Å². The summed E-state index contributed by atoms with van der Waals surface area (Å²) in [5.41, 5.74) is -0.914. The smallest absolute Gasteiger partial charge is 0.365 e. The molecule has 5 nitrogen and oxygen atoms in total. The molecule has 2 bridgehead atoms. The summed E-state index contributed by atoms with van der Waals surface area (Å²) in [4.78, 5) is 9.70. The lowest BCUT2D eigenvalue weighted by molar-refractivity contribution is -0.141. The second-order valence-electron chi connectivity index (χ2n) is 6.56. The van der Waals surface area contributed by atoms with Crippen LogP contribution in [0.25, 0.3) is 0 Å². The fraction of sp³-hybridized carbons (Fsp3) is 0.600. The minimum atomic E-state index is -4.46. The minimum absolute atomic E-state index is 0.0676. The van der Waals surface area contributed by atoms with Crippen molar-refractivity contribution >= 4 is 5.82 Å². The van der Waals surface area contributed by atoms with Crippen LogP contribution < -0.4 is 10.6 Å². The second-order valence-corrected chi connectivity index (χ2v) is 6.56. The van der Waals surface area contributed by atoms with Crippen LogP contribution in [-0.4, -0.2) is 40.0 Å². The first-order valence-corrected chi connectivity index (χ1v) is 7.82. The molecule has 1 spiro atoms. The zero-order chi connectivity index (χ0) is 16.1. The summed E-state index contributed by atoms with van der Waals surface area (Å²) in [6.45, 7) is 3.36. The van der Waals surface area contributed by atoms with Crippen LogP contribution in [0.5, 0.6) is 0 Å². The Morgan fingerprint density at radius 3 is 2.57 bits per heavy atom. The SMILES string of the molecule is FC(F)(F)c1cnc(NC2=CC[C@@]3(CN4CCC3CC4)N2)cn1. The van der Waals surface area contributed by atoms with Gasteiger partial charge in [-0.2, -0.15) is 13.2 Å². The lowest BCUT2D eigenvalue weighted by Crippen LogP contribution is -2.64. The van der Waals surface area contributed by atoms with Gasteiger partial charge in [0.25, 0.3) is 0 Å². The third kappa shape index (κ3) is 2.65. The molecule has 0 radical (unpaired) electrons. The maximum absolute atomic E-state index is 12.5. The van der Waals surface area contributed by atoms with E-state index in [0.29, 0.717) is 11.7 Å². The quantitative estimate of drug-likeness (QED) is 0.873. The Morgan fingerprint density at radius 1 is 1.22 bits per heavy atom. The monoisotopic (exact) mass is 325 g/mol. The van der Waals surface area contributed by atoms with Gasteiger partial charge in [-0.15, -0.1) is 0 Å². The highest BCUT2D eigenvalue weighted by atomic mass is 19.4. The van der Waals surface area contributed by atoms with Gasteiger partial charge in [-0.1, -0.05) is 0 Å². The first-order chi connectivity index (χ1) is 10.9. The van der Waals surface area contributed by atoms with Gasteiger partial charge in [0.05, 0.1) is 17.9 Å². The molecule has 1 aromatic rings. The van der Waals surface area contributed by atoms with E-state index < -0.39 is 11.9 Å². The lowest BCUT2D eigenvalue weighted by Gasteiger charge is -2.52. The highest BCUT2D eigenvalue weighted by Crippen LogP contribution is 2.41. The highest BCUT2D eigenvalue weighted by molar-refractivity contribution is 5.41. The molecular weight excluding hydrogens is 307 g/mol. The number of rotatable bonds is 2. The number of fused-ring (bicyclic) bond motifs is 2. The number of piperidine rings is 3. The number of nitrogens with one attached hydrogen (secondary N) is 2. The molecule has 1 atom stereocenters. The van der Waals surface area contributed by atoms with Crippen LogP contribution >= 0.6 is 0 Å². The number of halogens is 3. The molecule has 0 unspecified atom stereocenters. The van der Waals surface area contributed by atoms with E-state index in [4.69, 9.17) is 0 Å². The summed E-state index contributed by atoms with van der Waals surface area (Å²) in [6.07, 6.45) is 2.82. The van der Waals surface area contributed by atoms with Crippen LogP contribution in [-0.2, 0) is 6.18 Å². The van der Waals surface area contributed by atoms with Gasteiger partial charge in [0.2, 0.25) is 0 Å². The topological polar surface area (TPSA) is 53.1 Å². The predicted molar refractivity (Wildman–Crippen MR) is 78.4 cm³/mol. The first-order valence-electron chi connectivity index (χ1n) is 7.82. The summed E-state index contributed by atoms with van der Waals surface area (Å²) < 4.78 is 37.5. The Kier molecular flexibility index (Phi) is 3.26. The molecule has 0 amide bonds. The average molecular weight is 325 g/mol. The van der Waals surface area contributed by atoms with E-state index in [-0.39, 0.29) is 5.54 Å². The molecule has 1 aromatic heterocycles. The second kappa shape index (κ2) is 5.09. The molecule has 4 aliphatic heterocycles. The Morgan fingerprint density at radius 2 is 2.00 bits per heavy atom. The van der Waals surface area contributed by atoms with Gasteiger partial charge in [-0.25, -0.2) is 9.97 Å². The molecule has 4 aliphatic rings. The third-order valence-electron chi connectivity index (χ3n) is 5.13. The van der Waals surface area contributed by atoms with Gasteiger partial charge >= 0.3 is 6.18 Å². The molecule has 5 heterocycles. The normalized spacial score (nSPS) is 32.7. The van der Waals surface area contributed by atoms with E-state index in [0.717, 1.165) is 31.2 Å².